The number of rotatable bonds is 1. The summed E-state index contributed by atoms with van der Waals surface area (Å²) in [6, 6.07) is 5.88. The van der Waals surface area contributed by atoms with Crippen LogP contribution in [-0.2, 0) is 0 Å². The summed E-state index contributed by atoms with van der Waals surface area (Å²) in [5, 5.41) is 0.749. The number of benzene rings is 1. The van der Waals surface area contributed by atoms with Crippen LogP contribution >= 0.6 is 11.6 Å². The Kier molecular flexibility index (Phi) is 2.23. The van der Waals surface area contributed by atoms with Gasteiger partial charge in [0, 0.05) is 11.2 Å². The number of H-pyrrole nitrogens is 2. The highest BCUT2D eigenvalue weighted by Crippen LogP contribution is 2.27. The van der Waals surface area contributed by atoms with Gasteiger partial charge in [0.25, 0.3) is 0 Å². The predicted molar refractivity (Wildman–Crippen MR) is 70.4 cm³/mol. The summed E-state index contributed by atoms with van der Waals surface area (Å²) >= 11 is 6.09. The minimum atomic E-state index is 0.749. The first-order chi connectivity index (χ1) is 8.16. The lowest BCUT2D eigenvalue weighted by atomic mass is 10.2. The van der Waals surface area contributed by atoms with Crippen molar-refractivity contribution in [3.05, 3.63) is 40.5 Å². The lowest BCUT2D eigenvalue weighted by Gasteiger charge is -1.96. The molecule has 0 atom stereocenters. The van der Waals surface area contributed by atoms with Crippen molar-refractivity contribution >= 4 is 22.6 Å². The van der Waals surface area contributed by atoms with Crippen LogP contribution in [0.4, 0.5) is 0 Å². The first kappa shape index (κ1) is 10.4. The number of aromatic amines is 2. The molecule has 3 aromatic rings. The zero-order chi connectivity index (χ0) is 12.0. The lowest BCUT2D eigenvalue weighted by molar-refractivity contribution is 1.25. The van der Waals surface area contributed by atoms with Crippen molar-refractivity contribution in [1.29, 1.82) is 0 Å². The van der Waals surface area contributed by atoms with Crippen molar-refractivity contribution in [2.24, 2.45) is 0 Å². The van der Waals surface area contributed by atoms with Gasteiger partial charge in [0.1, 0.15) is 0 Å². The van der Waals surface area contributed by atoms with Gasteiger partial charge in [-0.05, 0) is 43.2 Å². The smallest absolute Gasteiger partial charge is 0.155 e. The summed E-state index contributed by atoms with van der Waals surface area (Å²) in [5.41, 5.74) is 5.15. The molecule has 2 N–H and O–H groups in total. The lowest BCUT2D eigenvalue weighted by Crippen LogP contribution is -1.82. The summed E-state index contributed by atoms with van der Waals surface area (Å²) in [7, 11) is 0. The molecule has 3 rings (SSSR count). The summed E-state index contributed by atoms with van der Waals surface area (Å²) < 4.78 is 0. The maximum absolute atomic E-state index is 6.09. The normalized spacial score (nSPS) is 11.2. The molecule has 2 aromatic heterocycles. The van der Waals surface area contributed by atoms with E-state index in [2.05, 4.69) is 21.9 Å². The van der Waals surface area contributed by atoms with Crippen LogP contribution in [0.2, 0.25) is 5.02 Å². The summed E-state index contributed by atoms with van der Waals surface area (Å²) in [6.07, 6.45) is 1.91. The molecule has 17 heavy (non-hydrogen) atoms. The number of fused-ring (bicyclic) bond motifs is 1. The Hall–Kier alpha value is -1.74. The molecule has 0 radical (unpaired) electrons. The summed E-state index contributed by atoms with van der Waals surface area (Å²) in [4.78, 5) is 11.1. The van der Waals surface area contributed by atoms with E-state index in [1.54, 1.807) is 0 Å². The van der Waals surface area contributed by atoms with Crippen molar-refractivity contribution in [2.75, 3.05) is 0 Å². The Morgan fingerprint density at radius 2 is 2.00 bits per heavy atom. The number of hydrogen-bond acceptors (Lipinski definition) is 1. The number of halogens is 1. The fourth-order valence-corrected chi connectivity index (χ4v) is 2.16. The number of aryl methyl sites for hydroxylation is 2. The second-order valence-electron chi connectivity index (χ2n) is 4.19. The minimum Gasteiger partial charge on any atom is -0.358 e. The van der Waals surface area contributed by atoms with Crippen molar-refractivity contribution in [3.8, 4) is 11.5 Å². The van der Waals surface area contributed by atoms with Crippen molar-refractivity contribution in [3.63, 3.8) is 0 Å². The van der Waals surface area contributed by atoms with E-state index in [1.165, 1.54) is 5.56 Å². The molecule has 0 fully saturated rings. The van der Waals surface area contributed by atoms with Crippen LogP contribution in [0, 0.1) is 13.8 Å². The molecule has 0 aliphatic rings. The van der Waals surface area contributed by atoms with Gasteiger partial charge in [-0.2, -0.15) is 0 Å². The summed E-state index contributed by atoms with van der Waals surface area (Å²) in [6.45, 7) is 4.04. The van der Waals surface area contributed by atoms with Gasteiger partial charge in [0.15, 0.2) is 5.82 Å². The van der Waals surface area contributed by atoms with E-state index in [1.807, 2.05) is 31.3 Å². The Balaban J connectivity index is 2.27. The van der Waals surface area contributed by atoms with Gasteiger partial charge in [0.2, 0.25) is 0 Å². The second kappa shape index (κ2) is 3.64. The molecule has 3 nitrogen and oxygen atoms in total. The molecule has 0 aliphatic heterocycles. The maximum atomic E-state index is 6.09. The number of nitrogens with one attached hydrogen (secondary N) is 2. The molecule has 86 valence electrons. The van der Waals surface area contributed by atoms with E-state index < -0.39 is 0 Å². The van der Waals surface area contributed by atoms with Gasteiger partial charge in [0.05, 0.1) is 16.7 Å². The van der Waals surface area contributed by atoms with E-state index >= 15 is 0 Å². The third kappa shape index (κ3) is 1.54. The average molecular weight is 246 g/mol. The van der Waals surface area contributed by atoms with E-state index in [0.29, 0.717) is 0 Å². The molecule has 1 aromatic carbocycles. The Morgan fingerprint density at radius 3 is 2.71 bits per heavy atom. The van der Waals surface area contributed by atoms with Crippen LogP contribution in [0.3, 0.4) is 0 Å². The van der Waals surface area contributed by atoms with Crippen molar-refractivity contribution < 1.29 is 0 Å². The molecule has 0 saturated heterocycles. The third-order valence-corrected chi connectivity index (χ3v) is 3.44. The second-order valence-corrected chi connectivity index (χ2v) is 4.60. The van der Waals surface area contributed by atoms with Crippen LogP contribution < -0.4 is 0 Å². The SMILES string of the molecule is Cc1cc[nH]c1-c1nc2c(C)c(Cl)ccc2[nH]1. The number of imidazole rings is 1. The molecule has 0 spiro atoms. The molecular formula is C13H12ClN3. The van der Waals surface area contributed by atoms with Gasteiger partial charge >= 0.3 is 0 Å². The van der Waals surface area contributed by atoms with Gasteiger partial charge in [-0.1, -0.05) is 11.6 Å². The average Bonchev–Trinajstić information content (AvgIpc) is 2.89. The van der Waals surface area contributed by atoms with Crippen LogP contribution in [-0.4, -0.2) is 15.0 Å². The highest BCUT2D eigenvalue weighted by Gasteiger charge is 2.11. The van der Waals surface area contributed by atoms with Gasteiger partial charge in [-0.25, -0.2) is 4.98 Å². The Labute approximate surface area is 104 Å². The standard InChI is InChI=1S/C13H12ClN3/c1-7-5-6-15-11(7)13-16-10-4-3-9(14)8(2)12(10)17-13/h3-6,15H,1-2H3,(H,16,17). The zero-order valence-electron chi connectivity index (χ0n) is 9.63. The molecule has 0 bridgehead atoms. The monoisotopic (exact) mass is 245 g/mol. The number of hydrogen-bond donors (Lipinski definition) is 2. The number of aromatic nitrogens is 3. The molecule has 2 heterocycles. The number of nitrogens with zero attached hydrogens (tertiary/aromatic N) is 1. The first-order valence-electron chi connectivity index (χ1n) is 5.46. The topological polar surface area (TPSA) is 44.5 Å². The highest BCUT2D eigenvalue weighted by atomic mass is 35.5. The molecule has 0 saturated carbocycles. The van der Waals surface area contributed by atoms with Crippen molar-refractivity contribution in [1.82, 2.24) is 15.0 Å². The zero-order valence-corrected chi connectivity index (χ0v) is 10.4. The molecule has 0 unspecified atom stereocenters. The van der Waals surface area contributed by atoms with Crippen LogP contribution in [0.25, 0.3) is 22.6 Å². The van der Waals surface area contributed by atoms with Gasteiger partial charge < -0.3 is 9.97 Å². The quantitative estimate of drug-likeness (QED) is 0.672. The van der Waals surface area contributed by atoms with Crippen LogP contribution in [0.1, 0.15) is 11.1 Å². The fraction of sp³-hybridized carbons (Fsp3) is 0.154. The molecule has 0 aliphatic carbocycles. The van der Waals surface area contributed by atoms with E-state index in [9.17, 15) is 0 Å². The molecule has 0 amide bonds. The molecule has 4 heteroatoms. The van der Waals surface area contributed by atoms with Crippen LogP contribution in [0.15, 0.2) is 24.4 Å². The predicted octanol–water partition coefficient (Wildman–Crippen LogP) is 3.83. The first-order valence-corrected chi connectivity index (χ1v) is 5.84. The van der Waals surface area contributed by atoms with Crippen LogP contribution in [0.5, 0.6) is 0 Å². The maximum Gasteiger partial charge on any atom is 0.155 e. The Morgan fingerprint density at radius 1 is 1.18 bits per heavy atom. The van der Waals surface area contributed by atoms with Crippen molar-refractivity contribution in [2.45, 2.75) is 13.8 Å². The minimum absolute atomic E-state index is 0.749. The summed E-state index contributed by atoms with van der Waals surface area (Å²) in [5.74, 6) is 0.855. The van der Waals surface area contributed by atoms with E-state index in [4.69, 9.17) is 11.6 Å². The third-order valence-electron chi connectivity index (χ3n) is 3.03. The fourth-order valence-electron chi connectivity index (χ4n) is 2.01. The van der Waals surface area contributed by atoms with E-state index in [-0.39, 0.29) is 0 Å². The largest absolute Gasteiger partial charge is 0.358 e. The van der Waals surface area contributed by atoms with E-state index in [0.717, 1.165) is 33.1 Å². The molecular weight excluding hydrogens is 234 g/mol. The highest BCUT2D eigenvalue weighted by molar-refractivity contribution is 6.32. The van der Waals surface area contributed by atoms with Gasteiger partial charge in [-0.15, -0.1) is 0 Å². The van der Waals surface area contributed by atoms with Gasteiger partial charge in [-0.3, -0.25) is 0 Å². The Bertz CT molecular complexity index is 694.